The SMILES string of the molecule is Clc1ccc(Br)cc1[C@@H](C1CC1)N1CCNCC1. The second kappa shape index (κ2) is 5.49. The van der Waals surface area contributed by atoms with Crippen LogP contribution in [-0.4, -0.2) is 31.1 Å². The first-order valence-electron chi connectivity index (χ1n) is 6.65. The Balaban J connectivity index is 1.90. The number of hydrogen-bond acceptors (Lipinski definition) is 2. The summed E-state index contributed by atoms with van der Waals surface area (Å²) in [5.41, 5.74) is 1.30. The fraction of sp³-hybridized carbons (Fsp3) is 0.571. The lowest BCUT2D eigenvalue weighted by atomic mass is 10.00. The van der Waals surface area contributed by atoms with Crippen LogP contribution in [0.4, 0.5) is 0 Å². The molecule has 0 unspecified atom stereocenters. The van der Waals surface area contributed by atoms with Crippen molar-refractivity contribution >= 4 is 27.5 Å². The number of piperazine rings is 1. The average molecular weight is 330 g/mol. The predicted octanol–water partition coefficient (Wildman–Crippen LogP) is 3.46. The molecule has 0 aromatic heterocycles. The minimum Gasteiger partial charge on any atom is -0.314 e. The molecule has 0 spiro atoms. The highest BCUT2D eigenvalue weighted by atomic mass is 79.9. The molecule has 1 aliphatic heterocycles. The van der Waals surface area contributed by atoms with Gasteiger partial charge in [0.25, 0.3) is 0 Å². The molecule has 2 fully saturated rings. The lowest BCUT2D eigenvalue weighted by molar-refractivity contribution is 0.156. The van der Waals surface area contributed by atoms with Crippen LogP contribution in [0.1, 0.15) is 24.4 Å². The molecule has 2 nitrogen and oxygen atoms in total. The molecule has 0 radical (unpaired) electrons. The molecule has 1 saturated carbocycles. The predicted molar refractivity (Wildman–Crippen MR) is 79.1 cm³/mol. The van der Waals surface area contributed by atoms with Gasteiger partial charge in [-0.2, -0.15) is 0 Å². The lowest BCUT2D eigenvalue weighted by Gasteiger charge is -2.36. The minimum absolute atomic E-state index is 0.511. The van der Waals surface area contributed by atoms with Gasteiger partial charge in [-0.3, -0.25) is 4.90 Å². The van der Waals surface area contributed by atoms with Crippen molar-refractivity contribution in [1.82, 2.24) is 10.2 Å². The molecule has 0 bridgehead atoms. The number of benzene rings is 1. The number of hydrogen-bond donors (Lipinski definition) is 1. The maximum atomic E-state index is 6.42. The summed E-state index contributed by atoms with van der Waals surface area (Å²) in [5.74, 6) is 0.801. The van der Waals surface area contributed by atoms with Crippen molar-refractivity contribution in [2.24, 2.45) is 5.92 Å². The average Bonchev–Trinajstić information content (AvgIpc) is 3.20. The van der Waals surface area contributed by atoms with Crippen LogP contribution in [0.25, 0.3) is 0 Å². The topological polar surface area (TPSA) is 15.3 Å². The Morgan fingerprint density at radius 3 is 2.67 bits per heavy atom. The molecule has 1 heterocycles. The summed E-state index contributed by atoms with van der Waals surface area (Å²) >= 11 is 9.99. The summed E-state index contributed by atoms with van der Waals surface area (Å²) in [7, 11) is 0. The van der Waals surface area contributed by atoms with E-state index in [4.69, 9.17) is 11.6 Å². The van der Waals surface area contributed by atoms with Gasteiger partial charge in [0.05, 0.1) is 0 Å². The van der Waals surface area contributed by atoms with Gasteiger partial charge >= 0.3 is 0 Å². The minimum atomic E-state index is 0.511. The number of halogens is 2. The highest BCUT2D eigenvalue weighted by Crippen LogP contribution is 2.46. The monoisotopic (exact) mass is 328 g/mol. The largest absolute Gasteiger partial charge is 0.314 e. The van der Waals surface area contributed by atoms with Gasteiger partial charge in [0.2, 0.25) is 0 Å². The molecule has 0 amide bonds. The van der Waals surface area contributed by atoms with E-state index in [0.717, 1.165) is 41.6 Å². The van der Waals surface area contributed by atoms with Crippen LogP contribution >= 0.6 is 27.5 Å². The van der Waals surface area contributed by atoms with Crippen LogP contribution in [0.2, 0.25) is 5.02 Å². The molecular weight excluding hydrogens is 312 g/mol. The van der Waals surface area contributed by atoms with E-state index in [2.05, 4.69) is 32.2 Å². The first-order chi connectivity index (χ1) is 8.75. The highest BCUT2D eigenvalue weighted by Gasteiger charge is 2.37. The lowest BCUT2D eigenvalue weighted by Crippen LogP contribution is -2.45. The molecule has 18 heavy (non-hydrogen) atoms. The second-order valence-electron chi connectivity index (χ2n) is 5.23. The third kappa shape index (κ3) is 2.74. The Labute approximate surface area is 122 Å². The molecule has 4 heteroatoms. The van der Waals surface area contributed by atoms with E-state index in [1.807, 2.05) is 12.1 Å². The van der Waals surface area contributed by atoms with Gasteiger partial charge in [0.1, 0.15) is 0 Å². The van der Waals surface area contributed by atoms with E-state index in [1.165, 1.54) is 18.4 Å². The van der Waals surface area contributed by atoms with Crippen molar-refractivity contribution in [2.75, 3.05) is 26.2 Å². The van der Waals surface area contributed by atoms with Gasteiger partial charge < -0.3 is 5.32 Å². The molecule has 1 N–H and O–H groups in total. The van der Waals surface area contributed by atoms with E-state index in [-0.39, 0.29) is 0 Å². The van der Waals surface area contributed by atoms with Gasteiger partial charge in [0.15, 0.2) is 0 Å². The molecule has 1 aliphatic carbocycles. The number of nitrogens with one attached hydrogen (secondary N) is 1. The summed E-state index contributed by atoms with van der Waals surface area (Å²) in [6.07, 6.45) is 2.69. The van der Waals surface area contributed by atoms with Crippen molar-refractivity contribution in [3.8, 4) is 0 Å². The summed E-state index contributed by atoms with van der Waals surface area (Å²) in [6.45, 7) is 4.44. The third-order valence-electron chi connectivity index (χ3n) is 3.89. The Hall–Kier alpha value is -0.0900. The van der Waals surface area contributed by atoms with E-state index >= 15 is 0 Å². The zero-order valence-corrected chi connectivity index (χ0v) is 12.7. The van der Waals surface area contributed by atoms with Crippen LogP contribution in [-0.2, 0) is 0 Å². The Kier molecular flexibility index (Phi) is 3.94. The smallest absolute Gasteiger partial charge is 0.0454 e. The number of rotatable bonds is 3. The van der Waals surface area contributed by atoms with Gasteiger partial charge in [-0.05, 0) is 42.5 Å². The van der Waals surface area contributed by atoms with Crippen molar-refractivity contribution < 1.29 is 0 Å². The molecule has 2 aliphatic rings. The summed E-state index contributed by atoms with van der Waals surface area (Å²) < 4.78 is 1.13. The molecule has 1 aromatic carbocycles. The van der Waals surface area contributed by atoms with Crippen LogP contribution < -0.4 is 5.32 Å². The van der Waals surface area contributed by atoms with Crippen LogP contribution in [0.15, 0.2) is 22.7 Å². The molecular formula is C14H18BrClN2. The normalized spacial score (nSPS) is 23.0. The van der Waals surface area contributed by atoms with Crippen molar-refractivity contribution in [1.29, 1.82) is 0 Å². The van der Waals surface area contributed by atoms with E-state index in [0.29, 0.717) is 6.04 Å². The van der Waals surface area contributed by atoms with Gasteiger partial charge in [-0.25, -0.2) is 0 Å². The fourth-order valence-electron chi connectivity index (χ4n) is 2.86. The van der Waals surface area contributed by atoms with Crippen molar-refractivity contribution in [3.05, 3.63) is 33.3 Å². The Bertz CT molecular complexity index is 428. The molecule has 3 rings (SSSR count). The van der Waals surface area contributed by atoms with Crippen LogP contribution in [0.5, 0.6) is 0 Å². The summed E-state index contributed by atoms with van der Waals surface area (Å²) in [5, 5.41) is 4.33. The molecule has 1 saturated heterocycles. The molecule has 1 atom stereocenters. The van der Waals surface area contributed by atoms with Gasteiger partial charge in [0, 0.05) is 41.7 Å². The Morgan fingerprint density at radius 2 is 2.00 bits per heavy atom. The van der Waals surface area contributed by atoms with E-state index < -0.39 is 0 Å². The zero-order chi connectivity index (χ0) is 12.5. The quantitative estimate of drug-likeness (QED) is 0.913. The van der Waals surface area contributed by atoms with Gasteiger partial charge in [-0.15, -0.1) is 0 Å². The first-order valence-corrected chi connectivity index (χ1v) is 7.82. The Morgan fingerprint density at radius 1 is 1.28 bits per heavy atom. The van der Waals surface area contributed by atoms with E-state index in [9.17, 15) is 0 Å². The second-order valence-corrected chi connectivity index (χ2v) is 6.56. The van der Waals surface area contributed by atoms with Crippen molar-refractivity contribution in [2.45, 2.75) is 18.9 Å². The van der Waals surface area contributed by atoms with Crippen LogP contribution in [0, 0.1) is 5.92 Å². The first kappa shape index (κ1) is 12.9. The maximum absolute atomic E-state index is 6.42. The maximum Gasteiger partial charge on any atom is 0.0454 e. The summed E-state index contributed by atoms with van der Waals surface area (Å²) in [4.78, 5) is 2.60. The molecule has 98 valence electrons. The standard InChI is InChI=1S/C14H18BrClN2/c15-11-3-4-13(16)12(9-11)14(10-1-2-10)18-7-5-17-6-8-18/h3-4,9-10,14,17H,1-2,5-8H2/t14-/m1/s1. The van der Waals surface area contributed by atoms with Crippen molar-refractivity contribution in [3.63, 3.8) is 0 Å². The van der Waals surface area contributed by atoms with Crippen LogP contribution in [0.3, 0.4) is 0 Å². The number of nitrogens with zero attached hydrogens (tertiary/aromatic N) is 1. The third-order valence-corrected chi connectivity index (χ3v) is 4.73. The molecule has 1 aromatic rings. The summed E-state index contributed by atoms with van der Waals surface area (Å²) in [6, 6.07) is 6.75. The zero-order valence-electron chi connectivity index (χ0n) is 10.3. The highest BCUT2D eigenvalue weighted by molar-refractivity contribution is 9.10. The fourth-order valence-corrected chi connectivity index (χ4v) is 3.47. The van der Waals surface area contributed by atoms with E-state index in [1.54, 1.807) is 0 Å². The van der Waals surface area contributed by atoms with Gasteiger partial charge in [-0.1, -0.05) is 27.5 Å².